The second kappa shape index (κ2) is 9.97. The Hall–Kier alpha value is -4.01. The number of amides is 2. The number of anilines is 2. The molecular formula is C21H22N4O5. The van der Waals surface area contributed by atoms with Gasteiger partial charge in [0, 0.05) is 18.3 Å². The van der Waals surface area contributed by atoms with Crippen molar-refractivity contribution >= 4 is 34.8 Å². The van der Waals surface area contributed by atoms with Gasteiger partial charge in [0.2, 0.25) is 5.91 Å². The number of nitrogens with zero attached hydrogens (tertiary/aromatic N) is 2. The van der Waals surface area contributed by atoms with Gasteiger partial charge in [-0.25, -0.2) is 4.79 Å². The number of hydrogen-bond donors (Lipinski definition) is 3. The first kappa shape index (κ1) is 22.3. The number of methoxy groups -OCH3 is 1. The number of aryl methyl sites for hydroxylation is 1. The zero-order valence-electron chi connectivity index (χ0n) is 17.0. The number of benzene rings is 2. The van der Waals surface area contributed by atoms with Gasteiger partial charge in [0.1, 0.15) is 11.4 Å². The molecule has 0 radical (unpaired) electrons. The van der Waals surface area contributed by atoms with Crippen molar-refractivity contribution in [2.75, 3.05) is 17.7 Å². The lowest BCUT2D eigenvalue weighted by atomic mass is 10.1. The molecule has 2 rings (SSSR count). The Morgan fingerprint density at radius 1 is 0.967 bits per heavy atom. The third kappa shape index (κ3) is 5.99. The average Bonchev–Trinajstić information content (AvgIpc) is 2.68. The summed E-state index contributed by atoms with van der Waals surface area (Å²) in [5.74, 6) is -1.86. The van der Waals surface area contributed by atoms with Crippen molar-refractivity contribution in [2.45, 2.75) is 20.8 Å². The quantitative estimate of drug-likeness (QED) is 0.284. The lowest BCUT2D eigenvalue weighted by Gasteiger charge is -2.08. The number of rotatable bonds is 6. The topological polar surface area (TPSA) is 129 Å². The number of azo groups is 1. The summed E-state index contributed by atoms with van der Waals surface area (Å²) < 4.78 is 4.72. The van der Waals surface area contributed by atoms with Crippen LogP contribution in [-0.4, -0.2) is 30.0 Å². The highest BCUT2D eigenvalue weighted by Crippen LogP contribution is 2.24. The maximum absolute atomic E-state index is 12.5. The maximum atomic E-state index is 12.5. The van der Waals surface area contributed by atoms with Crippen molar-refractivity contribution in [1.82, 2.24) is 0 Å². The number of allylic oxidation sites excluding steroid dienone is 1. The summed E-state index contributed by atoms with van der Waals surface area (Å²) in [7, 11) is 1.25. The van der Waals surface area contributed by atoms with Crippen molar-refractivity contribution in [2.24, 2.45) is 10.2 Å². The molecule has 0 aliphatic heterocycles. The Morgan fingerprint density at radius 2 is 1.57 bits per heavy atom. The maximum Gasteiger partial charge on any atom is 0.340 e. The van der Waals surface area contributed by atoms with Crippen molar-refractivity contribution in [1.29, 1.82) is 0 Å². The van der Waals surface area contributed by atoms with E-state index in [1.807, 2.05) is 6.92 Å². The Morgan fingerprint density at radius 3 is 2.10 bits per heavy atom. The Labute approximate surface area is 173 Å². The molecule has 3 N–H and O–H groups in total. The van der Waals surface area contributed by atoms with Crippen molar-refractivity contribution in [3.63, 3.8) is 0 Å². The van der Waals surface area contributed by atoms with Gasteiger partial charge < -0.3 is 20.5 Å². The van der Waals surface area contributed by atoms with Gasteiger partial charge in [-0.2, -0.15) is 0 Å². The standard InChI is InChI=1S/C21H22N4O5/c1-12-5-10-17(21(29)30-4)18(11-12)24-25-19(13(2)26)20(28)23-16-8-6-15(7-9-16)22-14(3)27/h5-11,26H,1-4H3,(H,22,27)(H,23,28). The number of aliphatic hydroxyl groups is 1. The van der Waals surface area contributed by atoms with E-state index in [9.17, 15) is 19.5 Å². The molecule has 9 nitrogen and oxygen atoms in total. The molecule has 156 valence electrons. The van der Waals surface area contributed by atoms with E-state index < -0.39 is 11.9 Å². The summed E-state index contributed by atoms with van der Waals surface area (Å²) in [5.41, 5.74) is 1.88. The third-order valence-electron chi connectivity index (χ3n) is 3.84. The Bertz CT molecular complexity index is 1020. The molecule has 0 heterocycles. The molecule has 0 atom stereocenters. The van der Waals surface area contributed by atoms with Crippen molar-refractivity contribution in [3.05, 3.63) is 65.0 Å². The van der Waals surface area contributed by atoms with E-state index in [4.69, 9.17) is 4.74 Å². The Kier molecular flexibility index (Phi) is 7.40. The van der Waals surface area contributed by atoms with Crippen LogP contribution in [0, 0.1) is 6.92 Å². The van der Waals surface area contributed by atoms with Crippen LogP contribution in [0.5, 0.6) is 0 Å². The first-order valence-electron chi connectivity index (χ1n) is 8.90. The number of carbonyl (C=O) groups excluding carboxylic acids is 3. The average molecular weight is 410 g/mol. The summed E-state index contributed by atoms with van der Waals surface area (Å²) >= 11 is 0. The fourth-order valence-corrected chi connectivity index (χ4v) is 2.42. The van der Waals surface area contributed by atoms with Crippen LogP contribution in [0.2, 0.25) is 0 Å². The molecule has 0 fully saturated rings. The minimum absolute atomic E-state index is 0.177. The predicted molar refractivity (Wildman–Crippen MR) is 112 cm³/mol. The van der Waals surface area contributed by atoms with Crippen LogP contribution >= 0.6 is 0 Å². The summed E-state index contributed by atoms with van der Waals surface area (Å²) in [6, 6.07) is 11.3. The van der Waals surface area contributed by atoms with Gasteiger partial charge >= 0.3 is 5.97 Å². The largest absolute Gasteiger partial charge is 0.510 e. The predicted octanol–water partition coefficient (Wildman–Crippen LogP) is 4.25. The Balaban J connectivity index is 2.24. The van der Waals surface area contributed by atoms with E-state index >= 15 is 0 Å². The fraction of sp³-hybridized carbons (Fsp3) is 0.190. The summed E-state index contributed by atoms with van der Waals surface area (Å²) in [4.78, 5) is 35.5. The molecule has 0 bridgehead atoms. The second-order valence-corrected chi connectivity index (χ2v) is 6.36. The van der Waals surface area contributed by atoms with Gasteiger partial charge in [-0.3, -0.25) is 9.59 Å². The summed E-state index contributed by atoms with van der Waals surface area (Å²) in [5, 5.41) is 22.9. The van der Waals surface area contributed by atoms with E-state index in [0.717, 1.165) is 5.56 Å². The van der Waals surface area contributed by atoms with Crippen LogP contribution in [0.1, 0.15) is 29.8 Å². The molecule has 0 aliphatic carbocycles. The summed E-state index contributed by atoms with van der Waals surface area (Å²) in [6.45, 7) is 4.50. The molecule has 9 heteroatoms. The highest BCUT2D eigenvalue weighted by atomic mass is 16.5. The molecule has 0 aromatic heterocycles. The molecular weight excluding hydrogens is 388 g/mol. The molecule has 2 aromatic rings. The minimum atomic E-state index is -0.696. The fourth-order valence-electron chi connectivity index (χ4n) is 2.42. The number of aliphatic hydroxyl groups excluding tert-OH is 1. The lowest BCUT2D eigenvalue weighted by Crippen LogP contribution is -2.14. The van der Waals surface area contributed by atoms with Crippen molar-refractivity contribution in [3.8, 4) is 0 Å². The summed E-state index contributed by atoms with van der Waals surface area (Å²) in [6.07, 6.45) is 0. The van der Waals surface area contributed by atoms with Crippen LogP contribution in [0.4, 0.5) is 17.1 Å². The zero-order chi connectivity index (χ0) is 22.3. The number of carbonyl (C=O) groups is 3. The normalized spacial score (nSPS) is 11.6. The molecule has 30 heavy (non-hydrogen) atoms. The zero-order valence-corrected chi connectivity index (χ0v) is 17.0. The van der Waals surface area contributed by atoms with E-state index in [1.165, 1.54) is 21.0 Å². The van der Waals surface area contributed by atoms with Crippen LogP contribution < -0.4 is 10.6 Å². The van der Waals surface area contributed by atoms with Crippen LogP contribution in [-0.2, 0) is 14.3 Å². The van der Waals surface area contributed by atoms with Crippen LogP contribution in [0.3, 0.4) is 0 Å². The first-order chi connectivity index (χ1) is 14.2. The van der Waals surface area contributed by atoms with Gasteiger partial charge in [-0.1, -0.05) is 6.07 Å². The molecule has 0 saturated carbocycles. The van der Waals surface area contributed by atoms with Gasteiger partial charge in [0.15, 0.2) is 5.70 Å². The van der Waals surface area contributed by atoms with Gasteiger partial charge in [0.25, 0.3) is 5.91 Å². The van der Waals surface area contributed by atoms with Crippen LogP contribution in [0.25, 0.3) is 0 Å². The monoisotopic (exact) mass is 410 g/mol. The van der Waals surface area contributed by atoms with Gasteiger partial charge in [0.05, 0.1) is 12.7 Å². The molecule has 0 aliphatic rings. The molecule has 2 amide bonds. The van der Waals surface area contributed by atoms with Gasteiger partial charge in [-0.15, -0.1) is 10.2 Å². The van der Waals surface area contributed by atoms with Crippen LogP contribution in [0.15, 0.2) is 64.1 Å². The molecule has 0 spiro atoms. The number of esters is 1. The third-order valence-corrected chi connectivity index (χ3v) is 3.84. The van der Waals surface area contributed by atoms with E-state index in [0.29, 0.717) is 11.4 Å². The van der Waals surface area contributed by atoms with E-state index in [-0.39, 0.29) is 28.6 Å². The highest BCUT2D eigenvalue weighted by molar-refractivity contribution is 6.04. The molecule has 0 unspecified atom stereocenters. The first-order valence-corrected chi connectivity index (χ1v) is 8.90. The lowest BCUT2D eigenvalue weighted by molar-refractivity contribution is -0.114. The smallest absolute Gasteiger partial charge is 0.340 e. The number of nitrogens with one attached hydrogen (secondary N) is 2. The number of ether oxygens (including phenoxy) is 1. The minimum Gasteiger partial charge on any atom is -0.510 e. The number of hydrogen-bond acceptors (Lipinski definition) is 7. The molecule has 2 aromatic carbocycles. The van der Waals surface area contributed by atoms with E-state index in [1.54, 1.807) is 42.5 Å². The SMILES string of the molecule is COC(=O)c1ccc(C)cc1N=NC(C(=O)Nc1ccc(NC(C)=O)cc1)=C(C)O. The van der Waals surface area contributed by atoms with Gasteiger partial charge in [-0.05, 0) is 55.8 Å². The van der Waals surface area contributed by atoms with Crippen molar-refractivity contribution < 1.29 is 24.2 Å². The molecule has 0 saturated heterocycles. The second-order valence-electron chi connectivity index (χ2n) is 6.36. The van der Waals surface area contributed by atoms with E-state index in [2.05, 4.69) is 20.9 Å². The highest BCUT2D eigenvalue weighted by Gasteiger charge is 2.16.